The number of thiazole rings is 1. The van der Waals surface area contributed by atoms with E-state index in [2.05, 4.69) is 15.6 Å². The summed E-state index contributed by atoms with van der Waals surface area (Å²) in [5.74, 6) is -2.63. The molecule has 1 unspecified atom stereocenters. The fourth-order valence-corrected chi connectivity index (χ4v) is 6.37. The molecule has 0 aliphatic heterocycles. The van der Waals surface area contributed by atoms with Gasteiger partial charge in [0, 0.05) is 26.5 Å². The highest BCUT2D eigenvalue weighted by Gasteiger charge is 2.29. The molecular formula is C26H16Cl5N3O4S2. The van der Waals surface area contributed by atoms with Crippen molar-refractivity contribution in [3.05, 3.63) is 90.2 Å². The average Bonchev–Trinajstić information content (AvgIpc) is 3.37. The van der Waals surface area contributed by atoms with Crippen molar-refractivity contribution >= 4 is 110 Å². The van der Waals surface area contributed by atoms with Gasteiger partial charge >= 0.3 is 5.97 Å². The molecule has 4 aromatic rings. The minimum absolute atomic E-state index is 0.244. The summed E-state index contributed by atoms with van der Waals surface area (Å²) in [6.45, 7) is 1.73. The molecule has 1 atom stereocenters. The van der Waals surface area contributed by atoms with E-state index < -0.39 is 33.3 Å². The van der Waals surface area contributed by atoms with Crippen LogP contribution in [-0.2, 0) is 4.79 Å². The SMILES string of the molecule is CC(Sc1cccc(NC(=O)c2c(Cl)c(Cl)c(Cl)c(Cl)c2C(=O)O)c1)C(=O)Nc1nc(-c2ccccc2Cl)cs1. The van der Waals surface area contributed by atoms with Gasteiger partial charge in [-0.2, -0.15) is 0 Å². The van der Waals surface area contributed by atoms with Crippen molar-refractivity contribution < 1.29 is 19.5 Å². The van der Waals surface area contributed by atoms with Crippen molar-refractivity contribution in [1.29, 1.82) is 0 Å². The van der Waals surface area contributed by atoms with Gasteiger partial charge in [-0.15, -0.1) is 23.1 Å². The number of nitrogens with one attached hydrogen (secondary N) is 2. The lowest BCUT2D eigenvalue weighted by atomic mass is 10.1. The predicted octanol–water partition coefficient (Wildman–Crippen LogP) is 9.15. The highest BCUT2D eigenvalue weighted by Crippen LogP contribution is 2.42. The van der Waals surface area contributed by atoms with E-state index in [0.717, 1.165) is 5.56 Å². The highest BCUT2D eigenvalue weighted by molar-refractivity contribution is 8.00. The van der Waals surface area contributed by atoms with Crippen molar-refractivity contribution in [2.45, 2.75) is 17.1 Å². The first-order valence-corrected chi connectivity index (χ1v) is 14.8. The molecule has 3 aromatic carbocycles. The van der Waals surface area contributed by atoms with Gasteiger partial charge in [0.2, 0.25) is 5.91 Å². The summed E-state index contributed by atoms with van der Waals surface area (Å²) < 4.78 is 0. The molecule has 0 radical (unpaired) electrons. The van der Waals surface area contributed by atoms with Crippen LogP contribution in [0.1, 0.15) is 27.6 Å². The van der Waals surface area contributed by atoms with Crippen LogP contribution in [0.3, 0.4) is 0 Å². The molecule has 4 rings (SSSR count). The molecule has 206 valence electrons. The minimum Gasteiger partial charge on any atom is -0.478 e. The first-order valence-electron chi connectivity index (χ1n) is 11.2. The molecule has 40 heavy (non-hydrogen) atoms. The number of carboxylic acids is 1. The van der Waals surface area contributed by atoms with Crippen LogP contribution in [-0.4, -0.2) is 33.1 Å². The van der Waals surface area contributed by atoms with E-state index >= 15 is 0 Å². The fraction of sp³-hybridized carbons (Fsp3) is 0.0769. The number of hydrogen-bond acceptors (Lipinski definition) is 6. The molecular weight excluding hydrogens is 660 g/mol. The summed E-state index contributed by atoms with van der Waals surface area (Å²) in [4.78, 5) is 42.8. The van der Waals surface area contributed by atoms with Crippen molar-refractivity contribution in [3.8, 4) is 11.3 Å². The molecule has 3 N–H and O–H groups in total. The number of nitrogens with zero attached hydrogens (tertiary/aromatic N) is 1. The third-order valence-corrected chi connectivity index (χ3v) is 9.35. The first-order chi connectivity index (χ1) is 19.0. The molecule has 0 saturated carbocycles. The summed E-state index contributed by atoms with van der Waals surface area (Å²) in [6, 6.07) is 13.9. The number of thioether (sulfide) groups is 1. The number of amides is 2. The lowest BCUT2D eigenvalue weighted by molar-refractivity contribution is -0.115. The zero-order valence-corrected chi connectivity index (χ0v) is 25.5. The summed E-state index contributed by atoms with van der Waals surface area (Å²) in [7, 11) is 0. The second-order valence-corrected chi connectivity index (χ2v) is 12.3. The summed E-state index contributed by atoms with van der Waals surface area (Å²) >= 11 is 33.0. The van der Waals surface area contributed by atoms with Crippen LogP contribution in [0.25, 0.3) is 11.3 Å². The van der Waals surface area contributed by atoms with Crippen LogP contribution in [0, 0.1) is 0 Å². The monoisotopic (exact) mass is 673 g/mol. The average molecular weight is 676 g/mol. The fourth-order valence-electron chi connectivity index (χ4n) is 3.47. The number of aromatic nitrogens is 1. The molecule has 1 aromatic heterocycles. The molecule has 2 amide bonds. The summed E-state index contributed by atoms with van der Waals surface area (Å²) in [5, 5.41) is 16.0. The topological polar surface area (TPSA) is 108 Å². The van der Waals surface area contributed by atoms with Crippen LogP contribution in [0.5, 0.6) is 0 Å². The number of carbonyl (C=O) groups is 3. The van der Waals surface area contributed by atoms with Crippen LogP contribution in [0.4, 0.5) is 10.8 Å². The Hall–Kier alpha value is -2.50. The van der Waals surface area contributed by atoms with Gasteiger partial charge < -0.3 is 15.7 Å². The molecule has 0 spiro atoms. The van der Waals surface area contributed by atoms with E-state index in [4.69, 9.17) is 58.0 Å². The highest BCUT2D eigenvalue weighted by atomic mass is 35.5. The third kappa shape index (κ3) is 6.69. The Balaban J connectivity index is 1.46. The first kappa shape index (κ1) is 30.5. The minimum atomic E-state index is -1.50. The Kier molecular flexibility index (Phi) is 9.89. The summed E-state index contributed by atoms with van der Waals surface area (Å²) in [6.07, 6.45) is 0. The molecule has 0 bridgehead atoms. The number of aromatic carboxylic acids is 1. The van der Waals surface area contributed by atoms with Gasteiger partial charge in [-0.25, -0.2) is 9.78 Å². The lowest BCUT2D eigenvalue weighted by Gasteiger charge is -2.15. The Morgan fingerprint density at radius 1 is 0.900 bits per heavy atom. The van der Waals surface area contributed by atoms with E-state index in [-0.39, 0.29) is 21.0 Å². The van der Waals surface area contributed by atoms with E-state index in [9.17, 15) is 19.5 Å². The van der Waals surface area contributed by atoms with E-state index in [1.54, 1.807) is 37.3 Å². The van der Waals surface area contributed by atoms with E-state index in [1.165, 1.54) is 23.1 Å². The van der Waals surface area contributed by atoms with Gasteiger partial charge in [0.25, 0.3) is 5.91 Å². The smallest absolute Gasteiger partial charge is 0.338 e. The molecule has 0 aliphatic carbocycles. The number of carbonyl (C=O) groups excluding carboxylic acids is 2. The van der Waals surface area contributed by atoms with Crippen LogP contribution in [0.15, 0.2) is 58.8 Å². The molecule has 1 heterocycles. The maximum atomic E-state index is 13.0. The Bertz CT molecular complexity index is 1650. The van der Waals surface area contributed by atoms with Gasteiger partial charge in [-0.1, -0.05) is 82.3 Å². The standard InChI is InChI=1S/C26H16Cl5N3O4S2/c1-11(23(35)34-26-33-16(10-39-26)14-7-2-3-8-15(14)27)40-13-6-4-5-12(9-13)32-24(36)17-18(25(37)38)20(29)22(31)21(30)19(17)28/h2-11H,1H3,(H,32,36)(H,37,38)(H,33,34,35). The zero-order valence-electron chi connectivity index (χ0n) is 20.1. The molecule has 0 saturated heterocycles. The van der Waals surface area contributed by atoms with Crippen molar-refractivity contribution in [2.75, 3.05) is 10.6 Å². The number of benzene rings is 3. The zero-order chi connectivity index (χ0) is 29.1. The Morgan fingerprint density at radius 2 is 1.57 bits per heavy atom. The molecule has 14 heteroatoms. The van der Waals surface area contributed by atoms with Crippen LogP contribution < -0.4 is 10.6 Å². The van der Waals surface area contributed by atoms with Crippen molar-refractivity contribution in [2.24, 2.45) is 0 Å². The maximum Gasteiger partial charge on any atom is 0.338 e. The van der Waals surface area contributed by atoms with Crippen LogP contribution in [0.2, 0.25) is 25.1 Å². The van der Waals surface area contributed by atoms with Gasteiger partial charge in [0.05, 0.1) is 42.2 Å². The number of carboxylic acid groups (broad SMARTS) is 1. The molecule has 7 nitrogen and oxygen atoms in total. The maximum absolute atomic E-state index is 13.0. The van der Waals surface area contributed by atoms with Gasteiger partial charge in [-0.3, -0.25) is 9.59 Å². The largest absolute Gasteiger partial charge is 0.478 e. The Labute approximate surface area is 261 Å². The normalized spacial score (nSPS) is 11.7. The summed E-state index contributed by atoms with van der Waals surface area (Å²) in [5.41, 5.74) is 0.737. The van der Waals surface area contributed by atoms with Crippen molar-refractivity contribution in [1.82, 2.24) is 4.98 Å². The van der Waals surface area contributed by atoms with Gasteiger partial charge in [-0.05, 0) is 31.2 Å². The van der Waals surface area contributed by atoms with Gasteiger partial charge in [0.1, 0.15) is 0 Å². The predicted molar refractivity (Wildman–Crippen MR) is 164 cm³/mol. The molecule has 0 fully saturated rings. The lowest BCUT2D eigenvalue weighted by Crippen LogP contribution is -2.22. The second kappa shape index (κ2) is 13.0. The van der Waals surface area contributed by atoms with Crippen LogP contribution >= 0.6 is 81.1 Å². The number of anilines is 2. The van der Waals surface area contributed by atoms with E-state index in [1.807, 2.05) is 23.6 Å². The Morgan fingerprint density at radius 3 is 2.25 bits per heavy atom. The second-order valence-electron chi connectivity index (χ2n) is 8.06. The number of halogens is 5. The van der Waals surface area contributed by atoms with Gasteiger partial charge in [0.15, 0.2) is 5.13 Å². The molecule has 0 aliphatic rings. The van der Waals surface area contributed by atoms with Crippen molar-refractivity contribution in [3.63, 3.8) is 0 Å². The van der Waals surface area contributed by atoms with E-state index in [0.29, 0.717) is 26.4 Å². The quantitative estimate of drug-likeness (QED) is 0.0977. The number of hydrogen-bond donors (Lipinski definition) is 3. The number of rotatable bonds is 8. The third-order valence-electron chi connectivity index (χ3n) is 5.37.